The highest BCUT2D eigenvalue weighted by Gasteiger charge is 2.42. The Kier molecular flexibility index (Phi) is 5.26. The van der Waals surface area contributed by atoms with E-state index in [0.717, 1.165) is 19.3 Å². The van der Waals surface area contributed by atoms with Crippen molar-refractivity contribution in [3.05, 3.63) is 11.6 Å². The van der Waals surface area contributed by atoms with Crippen molar-refractivity contribution in [3.8, 4) is 0 Å². The number of urea groups is 1. The van der Waals surface area contributed by atoms with Crippen LogP contribution >= 0.6 is 0 Å². The predicted octanol–water partition coefficient (Wildman–Crippen LogP) is 2.77. The fraction of sp³-hybridized carbons (Fsp3) is 0.750. The molecule has 0 bridgehead atoms. The maximum Gasteiger partial charge on any atom is 0.317 e. The van der Waals surface area contributed by atoms with Gasteiger partial charge in [-0.25, -0.2) is 4.79 Å². The van der Waals surface area contributed by atoms with E-state index in [-0.39, 0.29) is 6.03 Å². The number of carboxylic acid groups (broad SMARTS) is 1. The number of rotatable bonds is 4. The largest absolute Gasteiger partial charge is 0.481 e. The van der Waals surface area contributed by atoms with Gasteiger partial charge in [-0.05, 0) is 45.4 Å². The number of hydrogen-bond acceptors (Lipinski definition) is 2. The number of allylic oxidation sites excluding steroid dienone is 1. The highest BCUT2D eigenvalue weighted by atomic mass is 16.4. The molecule has 118 valence electrons. The molecule has 2 rings (SSSR count). The zero-order valence-corrected chi connectivity index (χ0v) is 12.9. The molecular formula is C16H26N2O3. The van der Waals surface area contributed by atoms with Gasteiger partial charge in [-0.15, -0.1) is 0 Å². The van der Waals surface area contributed by atoms with E-state index in [1.54, 1.807) is 11.8 Å². The van der Waals surface area contributed by atoms with Crippen molar-refractivity contribution in [2.24, 2.45) is 5.41 Å². The number of aliphatic carboxylic acids is 1. The SMILES string of the molecule is CC1(C(=O)O)CCN(C(=O)NCCC2=CCCCCC2)C1. The molecule has 2 aliphatic rings. The second-order valence-electron chi connectivity index (χ2n) is 6.48. The van der Waals surface area contributed by atoms with Gasteiger partial charge in [-0.1, -0.05) is 18.1 Å². The lowest BCUT2D eigenvalue weighted by molar-refractivity contribution is -0.146. The van der Waals surface area contributed by atoms with Gasteiger partial charge in [0.05, 0.1) is 5.41 Å². The summed E-state index contributed by atoms with van der Waals surface area (Å²) in [6, 6.07) is -0.130. The minimum atomic E-state index is -0.818. The minimum absolute atomic E-state index is 0.130. The van der Waals surface area contributed by atoms with Gasteiger partial charge < -0.3 is 15.3 Å². The molecule has 5 nitrogen and oxygen atoms in total. The summed E-state index contributed by atoms with van der Waals surface area (Å²) in [6.07, 6.45) is 9.89. The van der Waals surface area contributed by atoms with Gasteiger partial charge in [0.2, 0.25) is 0 Å². The first-order valence-electron chi connectivity index (χ1n) is 7.95. The van der Waals surface area contributed by atoms with Gasteiger partial charge >= 0.3 is 12.0 Å². The predicted molar refractivity (Wildman–Crippen MR) is 81.1 cm³/mol. The standard InChI is InChI=1S/C16H26N2O3/c1-16(14(19)20)9-11-18(12-16)15(21)17-10-8-13-6-4-2-3-5-7-13/h6H,2-5,7-12H2,1H3,(H,17,21)(H,19,20). The summed E-state index contributed by atoms with van der Waals surface area (Å²) in [5.74, 6) is -0.818. The number of hydrogen-bond donors (Lipinski definition) is 2. The van der Waals surface area contributed by atoms with Crippen LogP contribution in [0.2, 0.25) is 0 Å². The normalized spacial score (nSPS) is 26.1. The van der Waals surface area contributed by atoms with Crippen LogP contribution in [0.25, 0.3) is 0 Å². The van der Waals surface area contributed by atoms with E-state index in [2.05, 4.69) is 11.4 Å². The maximum atomic E-state index is 12.1. The number of carbonyl (C=O) groups excluding carboxylic acids is 1. The topological polar surface area (TPSA) is 69.6 Å². The molecule has 0 saturated carbocycles. The summed E-state index contributed by atoms with van der Waals surface area (Å²) in [5.41, 5.74) is 0.658. The highest BCUT2D eigenvalue weighted by molar-refractivity contribution is 5.79. The Morgan fingerprint density at radius 2 is 2.19 bits per heavy atom. The van der Waals surface area contributed by atoms with E-state index in [1.807, 2.05) is 0 Å². The third-order valence-corrected chi connectivity index (χ3v) is 4.63. The minimum Gasteiger partial charge on any atom is -0.481 e. The number of carbonyl (C=O) groups is 2. The second kappa shape index (κ2) is 6.96. The van der Waals surface area contributed by atoms with Gasteiger partial charge in [-0.2, -0.15) is 0 Å². The van der Waals surface area contributed by atoms with Crippen molar-refractivity contribution in [1.82, 2.24) is 10.2 Å². The van der Waals surface area contributed by atoms with Gasteiger partial charge in [0.1, 0.15) is 0 Å². The third kappa shape index (κ3) is 4.22. The molecule has 0 aromatic carbocycles. The molecule has 1 fully saturated rings. The lowest BCUT2D eigenvalue weighted by Gasteiger charge is -2.20. The first kappa shape index (κ1) is 15.9. The number of likely N-dealkylation sites (tertiary alicyclic amines) is 1. The first-order valence-corrected chi connectivity index (χ1v) is 7.95. The van der Waals surface area contributed by atoms with Gasteiger partial charge in [0, 0.05) is 19.6 Å². The molecule has 1 aliphatic carbocycles. The Hall–Kier alpha value is -1.52. The molecule has 0 radical (unpaired) electrons. The quantitative estimate of drug-likeness (QED) is 0.783. The van der Waals surface area contributed by atoms with Crippen LogP contribution < -0.4 is 5.32 Å². The van der Waals surface area contributed by atoms with Crippen LogP contribution in [0.15, 0.2) is 11.6 Å². The summed E-state index contributed by atoms with van der Waals surface area (Å²) < 4.78 is 0. The van der Waals surface area contributed by atoms with E-state index in [9.17, 15) is 14.7 Å². The Bertz CT molecular complexity index is 433. The fourth-order valence-corrected chi connectivity index (χ4v) is 3.06. The second-order valence-corrected chi connectivity index (χ2v) is 6.48. The average Bonchev–Trinajstić information content (AvgIpc) is 2.69. The molecule has 5 heteroatoms. The zero-order valence-electron chi connectivity index (χ0n) is 12.9. The Morgan fingerprint density at radius 1 is 1.38 bits per heavy atom. The van der Waals surface area contributed by atoms with Crippen LogP contribution in [0.3, 0.4) is 0 Å². The Morgan fingerprint density at radius 3 is 2.90 bits per heavy atom. The number of nitrogens with zero attached hydrogens (tertiary/aromatic N) is 1. The van der Waals surface area contributed by atoms with Gasteiger partial charge in [0.25, 0.3) is 0 Å². The van der Waals surface area contributed by atoms with E-state index in [4.69, 9.17) is 0 Å². The van der Waals surface area contributed by atoms with Crippen molar-refractivity contribution < 1.29 is 14.7 Å². The summed E-state index contributed by atoms with van der Waals surface area (Å²) >= 11 is 0. The molecule has 21 heavy (non-hydrogen) atoms. The van der Waals surface area contributed by atoms with Crippen molar-refractivity contribution in [1.29, 1.82) is 0 Å². The van der Waals surface area contributed by atoms with Crippen molar-refractivity contribution in [2.45, 2.75) is 51.9 Å². The fourth-order valence-electron chi connectivity index (χ4n) is 3.06. The smallest absolute Gasteiger partial charge is 0.317 e. The van der Waals surface area contributed by atoms with Crippen molar-refractivity contribution in [3.63, 3.8) is 0 Å². The van der Waals surface area contributed by atoms with Crippen LogP contribution in [0.1, 0.15) is 51.9 Å². The van der Waals surface area contributed by atoms with E-state index < -0.39 is 11.4 Å². The Labute approximate surface area is 126 Å². The number of amides is 2. The molecule has 1 atom stereocenters. The lowest BCUT2D eigenvalue weighted by atomic mass is 9.90. The third-order valence-electron chi connectivity index (χ3n) is 4.63. The first-order chi connectivity index (χ1) is 10.0. The lowest BCUT2D eigenvalue weighted by Crippen LogP contribution is -2.41. The molecule has 0 aromatic heterocycles. The van der Waals surface area contributed by atoms with Crippen LogP contribution in [0, 0.1) is 5.41 Å². The van der Waals surface area contributed by atoms with E-state index in [1.165, 1.54) is 24.8 Å². The van der Waals surface area contributed by atoms with Crippen molar-refractivity contribution >= 4 is 12.0 Å². The van der Waals surface area contributed by atoms with Gasteiger partial charge in [0.15, 0.2) is 0 Å². The molecule has 1 unspecified atom stereocenters. The molecule has 2 amide bonds. The molecule has 1 aliphatic heterocycles. The zero-order chi connectivity index (χ0) is 15.3. The van der Waals surface area contributed by atoms with Crippen LogP contribution in [0.4, 0.5) is 4.79 Å². The van der Waals surface area contributed by atoms with Crippen molar-refractivity contribution in [2.75, 3.05) is 19.6 Å². The molecule has 1 heterocycles. The number of carboxylic acids is 1. The van der Waals surface area contributed by atoms with Crippen LogP contribution in [-0.4, -0.2) is 41.6 Å². The molecule has 2 N–H and O–H groups in total. The summed E-state index contributed by atoms with van der Waals surface area (Å²) in [7, 11) is 0. The Balaban J connectivity index is 1.73. The highest BCUT2D eigenvalue weighted by Crippen LogP contribution is 2.30. The summed E-state index contributed by atoms with van der Waals surface area (Å²) in [5, 5.41) is 12.1. The molecular weight excluding hydrogens is 268 g/mol. The van der Waals surface area contributed by atoms with Gasteiger partial charge in [-0.3, -0.25) is 4.79 Å². The summed E-state index contributed by atoms with van der Waals surface area (Å²) in [6.45, 7) is 3.18. The van der Waals surface area contributed by atoms with E-state index >= 15 is 0 Å². The van der Waals surface area contributed by atoms with Crippen LogP contribution in [-0.2, 0) is 4.79 Å². The number of nitrogens with one attached hydrogen (secondary N) is 1. The molecule has 0 spiro atoms. The maximum absolute atomic E-state index is 12.1. The monoisotopic (exact) mass is 294 g/mol. The average molecular weight is 294 g/mol. The van der Waals surface area contributed by atoms with Crippen LogP contribution in [0.5, 0.6) is 0 Å². The summed E-state index contributed by atoms with van der Waals surface area (Å²) in [4.78, 5) is 24.9. The molecule has 0 aromatic rings. The van der Waals surface area contributed by atoms with E-state index in [0.29, 0.717) is 26.1 Å². The molecule has 1 saturated heterocycles.